The molecule has 0 aromatic carbocycles. The minimum atomic E-state index is -4.47. The number of hydrogen-bond donors (Lipinski definition) is 1. The van der Waals surface area contributed by atoms with Crippen molar-refractivity contribution in [2.45, 2.75) is 13.1 Å². The van der Waals surface area contributed by atoms with Crippen LogP contribution < -0.4 is 15.5 Å². The monoisotopic (exact) mass is 341 g/mol. The van der Waals surface area contributed by atoms with Crippen LogP contribution in [0.1, 0.15) is 11.4 Å². The number of nitrogens with zero attached hydrogens (tertiary/aromatic N) is 6. The van der Waals surface area contributed by atoms with Crippen LogP contribution in [0.3, 0.4) is 0 Å². The van der Waals surface area contributed by atoms with E-state index in [0.717, 1.165) is 23.8 Å². The lowest BCUT2D eigenvalue weighted by molar-refractivity contribution is -0.141. The van der Waals surface area contributed by atoms with Crippen molar-refractivity contribution in [2.24, 2.45) is 7.05 Å². The summed E-state index contributed by atoms with van der Waals surface area (Å²) >= 11 is 0. The highest BCUT2D eigenvalue weighted by Crippen LogP contribution is 2.29. The Labute approximate surface area is 136 Å². The van der Waals surface area contributed by atoms with E-state index < -0.39 is 11.9 Å². The molecule has 1 aliphatic heterocycles. The van der Waals surface area contributed by atoms with Crippen LogP contribution >= 0.6 is 0 Å². The minimum Gasteiger partial charge on any atom is -0.394 e. The van der Waals surface area contributed by atoms with E-state index in [1.165, 1.54) is 0 Å². The van der Waals surface area contributed by atoms with E-state index in [2.05, 4.69) is 20.0 Å². The molecule has 0 unspecified atom stereocenters. The lowest BCUT2D eigenvalue weighted by Crippen LogP contribution is -2.48. The first-order valence-electron chi connectivity index (χ1n) is 7.46. The molecule has 7 nitrogen and oxygen atoms in total. The molecule has 1 saturated heterocycles. The van der Waals surface area contributed by atoms with Crippen molar-refractivity contribution in [3.05, 3.63) is 23.7 Å². The molecule has 0 amide bonds. The molecule has 2 aromatic heterocycles. The van der Waals surface area contributed by atoms with E-state index in [9.17, 15) is 13.2 Å². The first-order valence-corrected chi connectivity index (χ1v) is 7.46. The Hall–Kier alpha value is -2.52. The summed E-state index contributed by atoms with van der Waals surface area (Å²) in [6, 6.07) is 0.874. The van der Waals surface area contributed by atoms with Gasteiger partial charge < -0.3 is 15.5 Å². The highest BCUT2D eigenvalue weighted by atomic mass is 19.4. The van der Waals surface area contributed by atoms with E-state index in [1.54, 1.807) is 9.58 Å². The zero-order valence-electron chi connectivity index (χ0n) is 13.4. The van der Waals surface area contributed by atoms with Crippen molar-refractivity contribution in [1.82, 2.24) is 19.7 Å². The number of aryl methyl sites for hydroxylation is 2. The van der Waals surface area contributed by atoms with Crippen LogP contribution in [-0.4, -0.2) is 45.9 Å². The van der Waals surface area contributed by atoms with Gasteiger partial charge in [-0.15, -0.1) is 0 Å². The smallest absolute Gasteiger partial charge is 0.394 e. The Morgan fingerprint density at radius 3 is 2.29 bits per heavy atom. The summed E-state index contributed by atoms with van der Waals surface area (Å²) < 4.78 is 40.0. The predicted molar refractivity (Wildman–Crippen MR) is 83.8 cm³/mol. The molecule has 0 aliphatic carbocycles. The molecule has 3 rings (SSSR count). The molecule has 0 radical (unpaired) electrons. The summed E-state index contributed by atoms with van der Waals surface area (Å²) in [5.41, 5.74) is 6.52. The van der Waals surface area contributed by atoms with Crippen molar-refractivity contribution < 1.29 is 13.2 Å². The van der Waals surface area contributed by atoms with E-state index in [0.29, 0.717) is 31.9 Å². The Bertz CT molecular complexity index is 732. The Kier molecular flexibility index (Phi) is 3.98. The second-order valence-electron chi connectivity index (χ2n) is 5.66. The minimum absolute atomic E-state index is 0.0960. The Morgan fingerprint density at radius 2 is 1.75 bits per heavy atom. The largest absolute Gasteiger partial charge is 0.433 e. The highest BCUT2D eigenvalue weighted by molar-refractivity contribution is 5.66. The van der Waals surface area contributed by atoms with Gasteiger partial charge in [0, 0.05) is 39.4 Å². The van der Waals surface area contributed by atoms with E-state index in [-0.39, 0.29) is 5.95 Å². The Morgan fingerprint density at radius 1 is 1.12 bits per heavy atom. The quantitative estimate of drug-likeness (QED) is 0.891. The summed E-state index contributed by atoms with van der Waals surface area (Å²) in [6.45, 7) is 4.05. The standard InChI is InChI=1S/C14H18F3N7/c1-9-11(18)12(22(2)21-9)23-5-7-24(8-6-23)13-19-4-3-10(20-13)14(15,16)17/h3-4H,5-8,18H2,1-2H3. The third-order valence-corrected chi connectivity index (χ3v) is 4.03. The van der Waals surface area contributed by atoms with Gasteiger partial charge in [-0.1, -0.05) is 0 Å². The predicted octanol–water partition coefficient (Wildman–Crippen LogP) is 1.45. The molecule has 1 aliphatic rings. The second-order valence-corrected chi connectivity index (χ2v) is 5.66. The number of nitrogen functional groups attached to an aromatic ring is 1. The average molecular weight is 341 g/mol. The fraction of sp³-hybridized carbons (Fsp3) is 0.500. The molecule has 0 bridgehead atoms. The molecule has 1 fully saturated rings. The van der Waals surface area contributed by atoms with Crippen molar-refractivity contribution in [3.63, 3.8) is 0 Å². The number of piperazine rings is 1. The van der Waals surface area contributed by atoms with Crippen LogP contribution in [0.2, 0.25) is 0 Å². The number of anilines is 3. The zero-order chi connectivity index (χ0) is 17.5. The molecule has 2 N–H and O–H groups in total. The number of alkyl halides is 3. The van der Waals surface area contributed by atoms with Crippen LogP contribution in [0.25, 0.3) is 0 Å². The maximum atomic E-state index is 12.8. The van der Waals surface area contributed by atoms with Gasteiger partial charge in [0.15, 0.2) is 5.82 Å². The third-order valence-electron chi connectivity index (χ3n) is 4.03. The van der Waals surface area contributed by atoms with Crippen molar-refractivity contribution in [2.75, 3.05) is 41.7 Å². The number of halogens is 3. The number of hydrogen-bond acceptors (Lipinski definition) is 6. The van der Waals surface area contributed by atoms with Gasteiger partial charge >= 0.3 is 6.18 Å². The maximum absolute atomic E-state index is 12.8. The molecule has 130 valence electrons. The number of rotatable bonds is 2. The van der Waals surface area contributed by atoms with Crippen LogP contribution in [0.5, 0.6) is 0 Å². The fourth-order valence-corrected chi connectivity index (χ4v) is 2.81. The van der Waals surface area contributed by atoms with Crippen molar-refractivity contribution in [3.8, 4) is 0 Å². The first kappa shape index (κ1) is 16.3. The van der Waals surface area contributed by atoms with Gasteiger partial charge in [0.25, 0.3) is 0 Å². The van der Waals surface area contributed by atoms with Crippen molar-refractivity contribution >= 4 is 17.5 Å². The number of aromatic nitrogens is 4. The lowest BCUT2D eigenvalue weighted by atomic mass is 10.3. The van der Waals surface area contributed by atoms with Gasteiger partial charge in [0.05, 0.1) is 11.4 Å². The zero-order valence-corrected chi connectivity index (χ0v) is 13.4. The number of nitrogens with two attached hydrogens (primary N) is 1. The van der Waals surface area contributed by atoms with E-state index in [1.807, 2.05) is 14.0 Å². The average Bonchev–Trinajstić information content (AvgIpc) is 2.80. The summed E-state index contributed by atoms with van der Waals surface area (Å²) in [6.07, 6.45) is -3.33. The maximum Gasteiger partial charge on any atom is 0.433 e. The molecule has 3 heterocycles. The molecule has 24 heavy (non-hydrogen) atoms. The SMILES string of the molecule is Cc1nn(C)c(N2CCN(c3nccc(C(F)(F)F)n3)CC2)c1N. The van der Waals surface area contributed by atoms with Gasteiger partial charge in [-0.25, -0.2) is 9.97 Å². The van der Waals surface area contributed by atoms with E-state index in [4.69, 9.17) is 5.73 Å². The van der Waals surface area contributed by atoms with Gasteiger partial charge in [-0.3, -0.25) is 4.68 Å². The van der Waals surface area contributed by atoms with Gasteiger partial charge in [-0.2, -0.15) is 18.3 Å². The van der Waals surface area contributed by atoms with Crippen LogP contribution in [0.4, 0.5) is 30.6 Å². The third kappa shape index (κ3) is 2.95. The van der Waals surface area contributed by atoms with E-state index >= 15 is 0 Å². The molecule has 0 atom stereocenters. The van der Waals surface area contributed by atoms with Crippen LogP contribution in [-0.2, 0) is 13.2 Å². The summed E-state index contributed by atoms with van der Waals surface area (Å²) in [4.78, 5) is 11.4. The van der Waals surface area contributed by atoms with Gasteiger partial charge in [0.1, 0.15) is 5.69 Å². The van der Waals surface area contributed by atoms with Gasteiger partial charge in [-0.05, 0) is 13.0 Å². The Balaban J connectivity index is 1.74. The topological polar surface area (TPSA) is 76.1 Å². The summed E-state index contributed by atoms with van der Waals surface area (Å²) in [5, 5.41) is 4.29. The first-order chi connectivity index (χ1) is 11.3. The lowest BCUT2D eigenvalue weighted by Gasteiger charge is -2.36. The highest BCUT2D eigenvalue weighted by Gasteiger charge is 2.33. The summed E-state index contributed by atoms with van der Waals surface area (Å²) in [5.74, 6) is 0.927. The molecule has 0 spiro atoms. The van der Waals surface area contributed by atoms with Crippen LogP contribution in [0.15, 0.2) is 12.3 Å². The normalized spacial score (nSPS) is 15.9. The molecular formula is C14H18F3N7. The second kappa shape index (κ2) is 5.84. The molecular weight excluding hydrogens is 323 g/mol. The van der Waals surface area contributed by atoms with Crippen LogP contribution in [0, 0.1) is 6.92 Å². The molecule has 10 heteroatoms. The molecule has 0 saturated carbocycles. The van der Waals surface area contributed by atoms with Gasteiger partial charge in [0.2, 0.25) is 5.95 Å². The van der Waals surface area contributed by atoms with Crippen molar-refractivity contribution in [1.29, 1.82) is 0 Å². The summed E-state index contributed by atoms with van der Waals surface area (Å²) in [7, 11) is 1.82. The molecule has 2 aromatic rings. The fourth-order valence-electron chi connectivity index (χ4n) is 2.81.